The van der Waals surface area contributed by atoms with Crippen LogP contribution in [-0.2, 0) is 0 Å². The number of para-hydroxylation sites is 1. The van der Waals surface area contributed by atoms with Crippen LogP contribution in [0, 0.1) is 6.92 Å². The minimum Gasteiger partial charge on any atom is -0.493 e. The molecule has 0 unspecified atom stereocenters. The smallest absolute Gasteiger partial charge is 0.276 e. The third-order valence-electron chi connectivity index (χ3n) is 4.08. The van der Waals surface area contributed by atoms with Crippen molar-refractivity contribution in [3.05, 3.63) is 60.2 Å². The van der Waals surface area contributed by atoms with Crippen molar-refractivity contribution in [3.63, 3.8) is 0 Å². The lowest BCUT2D eigenvalue weighted by molar-refractivity contribution is 0.341. The van der Waals surface area contributed by atoms with Crippen LogP contribution in [0.15, 0.2) is 59.1 Å². The molecule has 2 aromatic carbocycles. The maximum atomic E-state index is 5.64. The van der Waals surface area contributed by atoms with Crippen molar-refractivity contribution >= 4 is 0 Å². The molecule has 0 aliphatic heterocycles. The Kier molecular flexibility index (Phi) is 4.23. The summed E-state index contributed by atoms with van der Waals surface area (Å²) in [5.41, 5.74) is 4.53. The molecule has 1 N–H and O–H groups in total. The van der Waals surface area contributed by atoms with Crippen LogP contribution < -0.4 is 4.74 Å². The summed E-state index contributed by atoms with van der Waals surface area (Å²) in [5.74, 6) is 1.60. The van der Waals surface area contributed by atoms with Crippen LogP contribution in [0.25, 0.3) is 34.2 Å². The molecule has 0 bridgehead atoms. The molecule has 0 spiro atoms. The van der Waals surface area contributed by atoms with Crippen molar-refractivity contribution in [1.29, 1.82) is 0 Å². The molecule has 130 valence electrons. The number of hydrogen-bond donors (Lipinski definition) is 1. The minimum absolute atomic E-state index is 0.388. The summed E-state index contributed by atoms with van der Waals surface area (Å²) in [6.07, 6.45) is 0. The first kappa shape index (κ1) is 16.1. The van der Waals surface area contributed by atoms with E-state index in [0.717, 1.165) is 28.1 Å². The number of aryl methyl sites for hydroxylation is 1. The van der Waals surface area contributed by atoms with Crippen molar-refractivity contribution in [2.45, 2.75) is 13.8 Å². The number of rotatable bonds is 5. The van der Waals surface area contributed by atoms with E-state index in [4.69, 9.17) is 9.26 Å². The standard InChI is InChI=1S/C20H18N4O2/c1-3-25-18-11-7-6-10-15(18)19-21-20(26-24-19)17-12-16(22-23-17)14-9-5-4-8-13(14)2/h4-12H,3H2,1-2H3,(H,22,23). The van der Waals surface area contributed by atoms with Crippen LogP contribution in [0.1, 0.15) is 12.5 Å². The molecule has 4 rings (SSSR count). The number of benzene rings is 2. The second kappa shape index (κ2) is 6.84. The van der Waals surface area contributed by atoms with Crippen LogP contribution >= 0.6 is 0 Å². The van der Waals surface area contributed by atoms with Gasteiger partial charge < -0.3 is 9.26 Å². The second-order valence-electron chi connectivity index (χ2n) is 5.83. The van der Waals surface area contributed by atoms with E-state index in [-0.39, 0.29) is 0 Å². The average Bonchev–Trinajstić information content (AvgIpc) is 3.32. The first-order chi connectivity index (χ1) is 12.8. The van der Waals surface area contributed by atoms with E-state index in [9.17, 15) is 0 Å². The molecule has 0 saturated carbocycles. The Morgan fingerprint density at radius 2 is 1.81 bits per heavy atom. The Labute approximate surface area is 150 Å². The fraction of sp³-hybridized carbons (Fsp3) is 0.150. The zero-order valence-electron chi connectivity index (χ0n) is 14.6. The van der Waals surface area contributed by atoms with Gasteiger partial charge >= 0.3 is 0 Å². The molecule has 2 heterocycles. The van der Waals surface area contributed by atoms with Crippen molar-refractivity contribution < 1.29 is 9.26 Å². The number of nitrogens with zero attached hydrogens (tertiary/aromatic N) is 3. The quantitative estimate of drug-likeness (QED) is 0.576. The van der Waals surface area contributed by atoms with Gasteiger partial charge in [-0.3, -0.25) is 5.10 Å². The van der Waals surface area contributed by atoms with E-state index in [1.54, 1.807) is 0 Å². The molecule has 26 heavy (non-hydrogen) atoms. The largest absolute Gasteiger partial charge is 0.493 e. The van der Waals surface area contributed by atoms with Gasteiger partial charge in [-0.2, -0.15) is 10.1 Å². The number of nitrogens with one attached hydrogen (secondary N) is 1. The van der Waals surface area contributed by atoms with Gasteiger partial charge in [0.1, 0.15) is 11.4 Å². The Morgan fingerprint density at radius 3 is 2.62 bits per heavy atom. The summed E-state index contributed by atoms with van der Waals surface area (Å²) in [6, 6.07) is 17.6. The van der Waals surface area contributed by atoms with E-state index in [0.29, 0.717) is 24.0 Å². The fourth-order valence-corrected chi connectivity index (χ4v) is 2.80. The maximum Gasteiger partial charge on any atom is 0.276 e. The number of ether oxygens (including phenoxy) is 1. The van der Waals surface area contributed by atoms with Crippen molar-refractivity contribution in [1.82, 2.24) is 20.3 Å². The lowest BCUT2D eigenvalue weighted by atomic mass is 10.1. The van der Waals surface area contributed by atoms with E-state index in [1.165, 1.54) is 0 Å². The molecule has 0 amide bonds. The molecule has 4 aromatic rings. The lowest BCUT2D eigenvalue weighted by Crippen LogP contribution is -1.94. The van der Waals surface area contributed by atoms with Crippen molar-refractivity contribution in [2.75, 3.05) is 6.61 Å². The molecule has 6 heteroatoms. The topological polar surface area (TPSA) is 76.8 Å². The lowest BCUT2D eigenvalue weighted by Gasteiger charge is -2.05. The molecule has 0 aliphatic rings. The third kappa shape index (κ3) is 2.97. The Bertz CT molecular complexity index is 1040. The first-order valence-electron chi connectivity index (χ1n) is 8.44. The van der Waals surface area contributed by atoms with Gasteiger partial charge in [-0.1, -0.05) is 41.6 Å². The van der Waals surface area contributed by atoms with Crippen molar-refractivity contribution in [3.8, 4) is 40.0 Å². The number of H-pyrrole nitrogens is 1. The maximum absolute atomic E-state index is 5.64. The summed E-state index contributed by atoms with van der Waals surface area (Å²) in [6.45, 7) is 4.57. The van der Waals surface area contributed by atoms with Gasteiger partial charge in [0, 0.05) is 5.56 Å². The summed E-state index contributed by atoms with van der Waals surface area (Å²) < 4.78 is 11.1. The highest BCUT2D eigenvalue weighted by molar-refractivity contribution is 5.69. The highest BCUT2D eigenvalue weighted by Crippen LogP contribution is 2.30. The monoisotopic (exact) mass is 346 g/mol. The molecule has 6 nitrogen and oxygen atoms in total. The minimum atomic E-state index is 0.388. The van der Waals surface area contributed by atoms with E-state index in [2.05, 4.69) is 33.3 Å². The molecule has 0 aliphatic carbocycles. The van der Waals surface area contributed by atoms with Gasteiger partial charge in [0.2, 0.25) is 5.82 Å². The Hall–Kier alpha value is -3.41. The van der Waals surface area contributed by atoms with Crippen LogP contribution in [-0.4, -0.2) is 26.9 Å². The summed E-state index contributed by atoms with van der Waals surface area (Å²) in [4.78, 5) is 4.49. The fourth-order valence-electron chi connectivity index (χ4n) is 2.80. The zero-order chi connectivity index (χ0) is 17.9. The van der Waals surface area contributed by atoms with Gasteiger partial charge in [0.25, 0.3) is 5.89 Å². The van der Waals surface area contributed by atoms with Crippen LogP contribution in [0.3, 0.4) is 0 Å². The predicted molar refractivity (Wildman–Crippen MR) is 98.7 cm³/mol. The number of aromatic nitrogens is 4. The molecular formula is C20H18N4O2. The predicted octanol–water partition coefficient (Wildman–Crippen LogP) is 4.50. The van der Waals surface area contributed by atoms with Gasteiger partial charge in [0.15, 0.2) is 0 Å². The molecule has 2 aromatic heterocycles. The average molecular weight is 346 g/mol. The Balaban J connectivity index is 1.67. The van der Waals surface area contributed by atoms with E-state index >= 15 is 0 Å². The summed E-state index contributed by atoms with van der Waals surface area (Å²) in [5, 5.41) is 11.4. The molecule has 0 radical (unpaired) electrons. The third-order valence-corrected chi connectivity index (χ3v) is 4.08. The number of hydrogen-bond acceptors (Lipinski definition) is 5. The van der Waals surface area contributed by atoms with Crippen molar-refractivity contribution in [2.24, 2.45) is 0 Å². The van der Waals surface area contributed by atoms with E-state index in [1.807, 2.05) is 55.5 Å². The second-order valence-corrected chi connectivity index (χ2v) is 5.83. The summed E-state index contributed by atoms with van der Waals surface area (Å²) in [7, 11) is 0. The van der Waals surface area contributed by atoms with Gasteiger partial charge in [0.05, 0.1) is 17.9 Å². The highest BCUT2D eigenvalue weighted by atomic mass is 16.5. The van der Waals surface area contributed by atoms with Crippen LogP contribution in [0.4, 0.5) is 0 Å². The van der Waals surface area contributed by atoms with Gasteiger partial charge in [-0.15, -0.1) is 0 Å². The molecule has 0 fully saturated rings. The van der Waals surface area contributed by atoms with Crippen LogP contribution in [0.5, 0.6) is 5.75 Å². The highest BCUT2D eigenvalue weighted by Gasteiger charge is 2.16. The summed E-state index contributed by atoms with van der Waals surface area (Å²) >= 11 is 0. The first-order valence-corrected chi connectivity index (χ1v) is 8.44. The molecular weight excluding hydrogens is 328 g/mol. The van der Waals surface area contributed by atoms with Crippen LogP contribution in [0.2, 0.25) is 0 Å². The van der Waals surface area contributed by atoms with E-state index < -0.39 is 0 Å². The number of aromatic amines is 1. The van der Waals surface area contributed by atoms with Gasteiger partial charge in [-0.05, 0) is 37.6 Å². The Morgan fingerprint density at radius 1 is 1.04 bits per heavy atom. The zero-order valence-corrected chi connectivity index (χ0v) is 14.6. The molecule has 0 atom stereocenters. The van der Waals surface area contributed by atoms with Gasteiger partial charge in [-0.25, -0.2) is 0 Å². The molecule has 0 saturated heterocycles. The SMILES string of the molecule is CCOc1ccccc1-c1noc(-c2cc(-c3ccccc3C)n[nH]2)n1. The normalized spacial score (nSPS) is 10.8.